The molecule has 1 atom stereocenters. The minimum Gasteiger partial charge on any atom is -0.298 e. The van der Waals surface area contributed by atoms with E-state index < -0.39 is 0 Å². The summed E-state index contributed by atoms with van der Waals surface area (Å²) in [5.41, 5.74) is 4.21. The molecule has 0 aromatic heterocycles. The summed E-state index contributed by atoms with van der Waals surface area (Å²) < 4.78 is 0. The first-order valence-electron chi connectivity index (χ1n) is 9.16. The second-order valence-electron chi connectivity index (χ2n) is 6.77. The molecule has 0 amide bonds. The molecule has 3 rings (SSSR count). The molecule has 1 unspecified atom stereocenters. The molecule has 0 aliphatic carbocycles. The molecule has 0 N–H and O–H groups in total. The van der Waals surface area contributed by atoms with E-state index in [9.17, 15) is 0 Å². The van der Waals surface area contributed by atoms with Gasteiger partial charge in [-0.2, -0.15) is 0 Å². The van der Waals surface area contributed by atoms with Crippen LogP contribution in [-0.4, -0.2) is 18.0 Å². The van der Waals surface area contributed by atoms with Crippen LogP contribution >= 0.6 is 0 Å². The quantitative estimate of drug-likeness (QED) is 0.525. The zero-order chi connectivity index (χ0) is 17.3. The summed E-state index contributed by atoms with van der Waals surface area (Å²) in [5, 5.41) is 0. The summed E-state index contributed by atoms with van der Waals surface area (Å²) in [6.45, 7) is 5.49. The van der Waals surface area contributed by atoms with E-state index >= 15 is 0 Å². The molecule has 0 aliphatic rings. The molecule has 0 saturated heterocycles. The van der Waals surface area contributed by atoms with Crippen molar-refractivity contribution in [1.29, 1.82) is 0 Å². The lowest BCUT2D eigenvalue weighted by atomic mass is 10.00. The van der Waals surface area contributed by atoms with Gasteiger partial charge in [0.2, 0.25) is 0 Å². The maximum Gasteiger partial charge on any atom is 0.0234 e. The number of hydrogen-bond acceptors (Lipinski definition) is 1. The van der Waals surface area contributed by atoms with Gasteiger partial charge in [0.05, 0.1) is 0 Å². The average molecular weight is 329 g/mol. The molecule has 0 heterocycles. The van der Waals surface area contributed by atoms with Crippen molar-refractivity contribution >= 4 is 0 Å². The molecule has 3 aromatic carbocycles. The second kappa shape index (κ2) is 9.19. The number of nitrogens with zero attached hydrogens (tertiary/aromatic N) is 1. The van der Waals surface area contributed by atoms with Gasteiger partial charge < -0.3 is 0 Å². The van der Waals surface area contributed by atoms with Crippen LogP contribution in [0.5, 0.6) is 0 Å². The molecule has 0 aliphatic heterocycles. The zero-order valence-electron chi connectivity index (χ0n) is 15.0. The Morgan fingerprint density at radius 3 is 1.80 bits per heavy atom. The Kier molecular flexibility index (Phi) is 6.42. The predicted octanol–water partition coefficient (Wildman–Crippen LogP) is 5.54. The summed E-state index contributed by atoms with van der Waals surface area (Å²) in [5.74, 6) is 0.528. The maximum atomic E-state index is 2.58. The van der Waals surface area contributed by atoms with Crippen molar-refractivity contribution in [2.45, 2.75) is 25.8 Å². The van der Waals surface area contributed by atoms with E-state index in [0.29, 0.717) is 5.92 Å². The fourth-order valence-electron chi connectivity index (χ4n) is 3.28. The lowest BCUT2D eigenvalue weighted by Crippen LogP contribution is -2.29. The fraction of sp³-hybridized carbons (Fsp3) is 0.250. The predicted molar refractivity (Wildman–Crippen MR) is 107 cm³/mol. The molecular weight excluding hydrogens is 302 g/mol. The van der Waals surface area contributed by atoms with Gasteiger partial charge in [-0.05, 0) is 29.0 Å². The Labute approximate surface area is 151 Å². The topological polar surface area (TPSA) is 3.24 Å². The molecule has 0 saturated carbocycles. The van der Waals surface area contributed by atoms with E-state index in [0.717, 1.165) is 26.1 Å². The van der Waals surface area contributed by atoms with Crippen LogP contribution in [0.4, 0.5) is 0 Å². The highest BCUT2D eigenvalue weighted by Crippen LogP contribution is 2.18. The third-order valence-electron chi connectivity index (χ3n) is 4.71. The molecule has 0 radical (unpaired) electrons. The summed E-state index contributed by atoms with van der Waals surface area (Å²) >= 11 is 0. The highest BCUT2D eigenvalue weighted by atomic mass is 15.1. The van der Waals surface area contributed by atoms with Crippen molar-refractivity contribution < 1.29 is 0 Å². The fourth-order valence-corrected chi connectivity index (χ4v) is 3.28. The first-order chi connectivity index (χ1) is 12.3. The highest BCUT2D eigenvalue weighted by Gasteiger charge is 2.12. The Bertz CT molecular complexity index is 722. The van der Waals surface area contributed by atoms with Crippen LogP contribution in [0, 0.1) is 0 Å². The number of hydrogen-bond donors (Lipinski definition) is 0. The third-order valence-corrected chi connectivity index (χ3v) is 4.71. The summed E-state index contributed by atoms with van der Waals surface area (Å²) in [6.07, 6.45) is 1.09. The first kappa shape index (κ1) is 17.4. The zero-order valence-corrected chi connectivity index (χ0v) is 15.0. The molecule has 0 fully saturated rings. The van der Waals surface area contributed by atoms with Crippen LogP contribution in [0.2, 0.25) is 0 Å². The summed E-state index contributed by atoms with van der Waals surface area (Å²) in [6, 6.07) is 32.4. The lowest BCUT2D eigenvalue weighted by Gasteiger charge is -2.26. The molecule has 25 heavy (non-hydrogen) atoms. The van der Waals surface area contributed by atoms with E-state index in [4.69, 9.17) is 0 Å². The number of benzene rings is 3. The third kappa shape index (κ3) is 5.58. The van der Waals surface area contributed by atoms with Gasteiger partial charge in [0, 0.05) is 19.6 Å². The van der Waals surface area contributed by atoms with E-state index in [1.54, 1.807) is 0 Å². The first-order valence-corrected chi connectivity index (χ1v) is 9.16. The van der Waals surface area contributed by atoms with E-state index in [1.807, 2.05) is 0 Å². The largest absolute Gasteiger partial charge is 0.298 e. The smallest absolute Gasteiger partial charge is 0.0234 e. The SMILES string of the molecule is CC(CN(CCc1ccccc1)Cc1ccccc1)c1ccccc1. The normalized spacial score (nSPS) is 12.2. The lowest BCUT2D eigenvalue weighted by molar-refractivity contribution is 0.255. The molecule has 128 valence electrons. The maximum absolute atomic E-state index is 2.58. The van der Waals surface area contributed by atoms with Crippen molar-refractivity contribution in [3.63, 3.8) is 0 Å². The van der Waals surface area contributed by atoms with Gasteiger partial charge >= 0.3 is 0 Å². The van der Waals surface area contributed by atoms with Gasteiger partial charge in [-0.3, -0.25) is 4.90 Å². The Morgan fingerprint density at radius 2 is 1.20 bits per heavy atom. The molecular formula is C24H27N. The average Bonchev–Trinajstić information content (AvgIpc) is 2.68. The summed E-state index contributed by atoms with van der Waals surface area (Å²) in [4.78, 5) is 2.58. The minimum atomic E-state index is 0.528. The van der Waals surface area contributed by atoms with Crippen molar-refractivity contribution in [3.8, 4) is 0 Å². The second-order valence-corrected chi connectivity index (χ2v) is 6.77. The van der Waals surface area contributed by atoms with Gasteiger partial charge in [-0.1, -0.05) is 97.9 Å². The standard InChI is InChI=1S/C24H27N/c1-21(24-15-9-4-10-16-24)19-25(20-23-13-7-3-8-14-23)18-17-22-11-5-2-6-12-22/h2-16,21H,17-20H2,1H3. The van der Waals surface area contributed by atoms with Gasteiger partial charge in [-0.25, -0.2) is 0 Å². The van der Waals surface area contributed by atoms with Crippen LogP contribution in [-0.2, 0) is 13.0 Å². The van der Waals surface area contributed by atoms with Gasteiger partial charge in [0.1, 0.15) is 0 Å². The molecule has 0 bridgehead atoms. The van der Waals surface area contributed by atoms with Crippen molar-refractivity contribution in [2.24, 2.45) is 0 Å². The van der Waals surface area contributed by atoms with Crippen LogP contribution in [0.3, 0.4) is 0 Å². The van der Waals surface area contributed by atoms with E-state index in [1.165, 1.54) is 16.7 Å². The van der Waals surface area contributed by atoms with Crippen LogP contribution in [0.15, 0.2) is 91.0 Å². The number of rotatable bonds is 8. The van der Waals surface area contributed by atoms with E-state index in [2.05, 4.69) is 103 Å². The molecule has 3 aromatic rings. The molecule has 1 heteroatoms. The molecule has 1 nitrogen and oxygen atoms in total. The minimum absolute atomic E-state index is 0.528. The monoisotopic (exact) mass is 329 g/mol. The van der Waals surface area contributed by atoms with Gasteiger partial charge in [0.15, 0.2) is 0 Å². The van der Waals surface area contributed by atoms with Crippen LogP contribution in [0.1, 0.15) is 29.5 Å². The van der Waals surface area contributed by atoms with Crippen molar-refractivity contribution in [2.75, 3.05) is 13.1 Å². The van der Waals surface area contributed by atoms with E-state index in [-0.39, 0.29) is 0 Å². The van der Waals surface area contributed by atoms with Crippen LogP contribution < -0.4 is 0 Å². The Morgan fingerprint density at radius 1 is 0.680 bits per heavy atom. The van der Waals surface area contributed by atoms with Gasteiger partial charge in [-0.15, -0.1) is 0 Å². The van der Waals surface area contributed by atoms with Crippen LogP contribution in [0.25, 0.3) is 0 Å². The highest BCUT2D eigenvalue weighted by molar-refractivity contribution is 5.20. The summed E-state index contributed by atoms with van der Waals surface area (Å²) in [7, 11) is 0. The van der Waals surface area contributed by atoms with Crippen molar-refractivity contribution in [1.82, 2.24) is 4.90 Å². The molecule has 0 spiro atoms. The Balaban J connectivity index is 1.67. The van der Waals surface area contributed by atoms with Crippen molar-refractivity contribution in [3.05, 3.63) is 108 Å². The van der Waals surface area contributed by atoms with Gasteiger partial charge in [0.25, 0.3) is 0 Å². The Hall–Kier alpha value is -2.38.